The van der Waals surface area contributed by atoms with E-state index in [2.05, 4.69) is 26.2 Å². The van der Waals surface area contributed by atoms with Crippen LogP contribution in [-0.4, -0.2) is 10.1 Å². The van der Waals surface area contributed by atoms with Crippen LogP contribution in [0.5, 0.6) is 5.75 Å². The van der Waals surface area contributed by atoms with Gasteiger partial charge in [-0.15, -0.1) is 0 Å². The molecular formula is C14H14BrFN2O. The second kappa shape index (κ2) is 6.12. The van der Waals surface area contributed by atoms with Crippen LogP contribution in [0.25, 0.3) is 0 Å². The van der Waals surface area contributed by atoms with E-state index in [1.54, 1.807) is 18.2 Å². The molecule has 0 atom stereocenters. The van der Waals surface area contributed by atoms with E-state index < -0.39 is 0 Å². The molecule has 0 saturated carbocycles. The summed E-state index contributed by atoms with van der Waals surface area (Å²) in [7, 11) is 0. The average molecular weight is 325 g/mol. The molecule has 2 aromatic rings. The molecule has 1 aromatic heterocycles. The van der Waals surface area contributed by atoms with Crippen LogP contribution < -0.4 is 5.32 Å². The first kappa shape index (κ1) is 14.0. The van der Waals surface area contributed by atoms with E-state index in [4.69, 9.17) is 0 Å². The fraction of sp³-hybridized carbons (Fsp3) is 0.214. The van der Waals surface area contributed by atoms with Gasteiger partial charge in [0.25, 0.3) is 0 Å². The van der Waals surface area contributed by atoms with E-state index in [0.29, 0.717) is 18.8 Å². The van der Waals surface area contributed by atoms with Crippen LogP contribution >= 0.6 is 15.9 Å². The van der Waals surface area contributed by atoms with Crippen LogP contribution in [0.1, 0.15) is 17.0 Å². The predicted octanol–water partition coefficient (Wildman–Crippen LogP) is 3.29. The van der Waals surface area contributed by atoms with Crippen LogP contribution in [-0.2, 0) is 13.1 Å². The highest BCUT2D eigenvalue weighted by atomic mass is 79.9. The molecule has 1 heterocycles. The predicted molar refractivity (Wildman–Crippen MR) is 75.3 cm³/mol. The fourth-order valence-corrected chi connectivity index (χ4v) is 2.11. The molecule has 0 aliphatic heterocycles. The minimum atomic E-state index is -0.267. The maximum absolute atomic E-state index is 13.1. The van der Waals surface area contributed by atoms with Gasteiger partial charge < -0.3 is 10.4 Å². The number of hydrogen-bond acceptors (Lipinski definition) is 3. The minimum Gasteiger partial charge on any atom is -0.506 e. The number of pyridine rings is 1. The molecule has 5 heteroatoms. The molecule has 0 aliphatic carbocycles. The molecule has 0 aliphatic rings. The standard InChI is InChI=1S/C14H14BrFN2O/c1-9-2-5-14(19)13(18-9)8-17-7-10-6-11(16)3-4-12(10)15/h2-6,17,19H,7-8H2,1H3. The summed E-state index contributed by atoms with van der Waals surface area (Å²) < 4.78 is 14.0. The van der Waals surface area contributed by atoms with E-state index >= 15 is 0 Å². The highest BCUT2D eigenvalue weighted by Crippen LogP contribution is 2.18. The largest absolute Gasteiger partial charge is 0.506 e. The Balaban J connectivity index is 2.00. The molecule has 0 amide bonds. The van der Waals surface area contributed by atoms with Gasteiger partial charge in [0.05, 0.1) is 5.69 Å². The van der Waals surface area contributed by atoms with E-state index in [9.17, 15) is 9.50 Å². The van der Waals surface area contributed by atoms with Crippen LogP contribution in [0.3, 0.4) is 0 Å². The lowest BCUT2D eigenvalue weighted by atomic mass is 10.2. The zero-order valence-corrected chi connectivity index (χ0v) is 12.0. The lowest BCUT2D eigenvalue weighted by Crippen LogP contribution is -2.14. The molecule has 0 spiro atoms. The zero-order chi connectivity index (χ0) is 13.8. The van der Waals surface area contributed by atoms with E-state index in [0.717, 1.165) is 15.7 Å². The molecule has 0 fully saturated rings. The van der Waals surface area contributed by atoms with Crippen molar-refractivity contribution in [2.75, 3.05) is 0 Å². The molecule has 100 valence electrons. The van der Waals surface area contributed by atoms with Gasteiger partial charge in [0, 0.05) is 23.3 Å². The van der Waals surface area contributed by atoms with Gasteiger partial charge in [-0.25, -0.2) is 4.39 Å². The van der Waals surface area contributed by atoms with Crippen LogP contribution in [0, 0.1) is 12.7 Å². The van der Waals surface area contributed by atoms with Crippen molar-refractivity contribution in [3.8, 4) is 5.75 Å². The van der Waals surface area contributed by atoms with Crippen molar-refractivity contribution >= 4 is 15.9 Å². The summed E-state index contributed by atoms with van der Waals surface area (Å²) in [5.41, 5.74) is 2.27. The molecule has 3 nitrogen and oxygen atoms in total. The number of rotatable bonds is 4. The van der Waals surface area contributed by atoms with Crippen molar-refractivity contribution in [2.24, 2.45) is 0 Å². The summed E-state index contributed by atoms with van der Waals surface area (Å²) in [5, 5.41) is 12.8. The summed E-state index contributed by atoms with van der Waals surface area (Å²) in [6.07, 6.45) is 0. The fourth-order valence-electron chi connectivity index (χ4n) is 1.73. The van der Waals surface area contributed by atoms with Gasteiger partial charge >= 0.3 is 0 Å². The molecule has 1 aromatic carbocycles. The Morgan fingerprint density at radius 2 is 2.05 bits per heavy atom. The first-order valence-electron chi connectivity index (χ1n) is 5.86. The van der Waals surface area contributed by atoms with E-state index in [1.165, 1.54) is 12.1 Å². The smallest absolute Gasteiger partial charge is 0.138 e. The van der Waals surface area contributed by atoms with Crippen molar-refractivity contribution in [3.63, 3.8) is 0 Å². The van der Waals surface area contributed by atoms with Gasteiger partial charge in [-0.05, 0) is 42.8 Å². The third-order valence-electron chi connectivity index (χ3n) is 2.71. The Morgan fingerprint density at radius 3 is 2.84 bits per heavy atom. The Hall–Kier alpha value is -1.46. The molecule has 0 bridgehead atoms. The maximum atomic E-state index is 13.1. The Morgan fingerprint density at radius 1 is 1.26 bits per heavy atom. The monoisotopic (exact) mass is 324 g/mol. The second-order valence-electron chi connectivity index (χ2n) is 4.26. The summed E-state index contributed by atoms with van der Waals surface area (Å²) in [5.74, 6) is -0.104. The van der Waals surface area contributed by atoms with Crippen molar-refractivity contribution in [1.82, 2.24) is 10.3 Å². The molecule has 0 radical (unpaired) electrons. The molecule has 19 heavy (non-hydrogen) atoms. The van der Waals surface area contributed by atoms with Crippen LogP contribution in [0.4, 0.5) is 4.39 Å². The first-order valence-corrected chi connectivity index (χ1v) is 6.65. The number of aryl methyl sites for hydroxylation is 1. The Labute approximate surface area is 119 Å². The number of aromatic hydroxyl groups is 1. The van der Waals surface area contributed by atoms with Crippen molar-refractivity contribution in [1.29, 1.82) is 0 Å². The maximum Gasteiger partial charge on any atom is 0.138 e. The molecule has 2 rings (SSSR count). The quantitative estimate of drug-likeness (QED) is 0.907. The van der Waals surface area contributed by atoms with Crippen LogP contribution in [0.15, 0.2) is 34.8 Å². The zero-order valence-electron chi connectivity index (χ0n) is 10.5. The van der Waals surface area contributed by atoms with Crippen LogP contribution in [0.2, 0.25) is 0 Å². The summed E-state index contributed by atoms with van der Waals surface area (Å²) in [4.78, 5) is 4.25. The average Bonchev–Trinajstić information content (AvgIpc) is 2.38. The van der Waals surface area contributed by atoms with Gasteiger partial charge in [-0.3, -0.25) is 4.98 Å². The molecular weight excluding hydrogens is 311 g/mol. The molecule has 0 saturated heterocycles. The van der Waals surface area contributed by atoms with Crippen molar-refractivity contribution in [2.45, 2.75) is 20.0 Å². The topological polar surface area (TPSA) is 45.1 Å². The molecule has 0 unspecified atom stereocenters. The summed E-state index contributed by atoms with van der Waals surface area (Å²) in [6.45, 7) is 2.79. The van der Waals surface area contributed by atoms with Crippen molar-refractivity contribution < 1.29 is 9.50 Å². The van der Waals surface area contributed by atoms with E-state index in [1.807, 2.05) is 6.92 Å². The minimum absolute atomic E-state index is 0.163. The number of nitrogens with zero attached hydrogens (tertiary/aromatic N) is 1. The Kier molecular flexibility index (Phi) is 4.50. The number of hydrogen-bond donors (Lipinski definition) is 2. The third kappa shape index (κ3) is 3.75. The number of aromatic nitrogens is 1. The number of benzene rings is 1. The highest BCUT2D eigenvalue weighted by Gasteiger charge is 2.05. The lowest BCUT2D eigenvalue weighted by molar-refractivity contribution is 0.459. The highest BCUT2D eigenvalue weighted by molar-refractivity contribution is 9.10. The first-order chi connectivity index (χ1) is 9.06. The number of nitrogens with one attached hydrogen (secondary N) is 1. The van der Waals surface area contributed by atoms with Crippen molar-refractivity contribution in [3.05, 3.63) is 57.6 Å². The summed E-state index contributed by atoms with van der Waals surface area (Å²) in [6, 6.07) is 7.93. The lowest BCUT2D eigenvalue weighted by Gasteiger charge is -2.08. The van der Waals surface area contributed by atoms with Gasteiger partial charge in [0.2, 0.25) is 0 Å². The van der Waals surface area contributed by atoms with E-state index in [-0.39, 0.29) is 11.6 Å². The SMILES string of the molecule is Cc1ccc(O)c(CNCc2cc(F)ccc2Br)n1. The molecule has 2 N–H and O–H groups in total. The van der Waals surface area contributed by atoms with Gasteiger partial charge in [-0.1, -0.05) is 15.9 Å². The third-order valence-corrected chi connectivity index (χ3v) is 3.48. The number of halogens is 2. The van der Waals surface area contributed by atoms with Gasteiger partial charge in [-0.2, -0.15) is 0 Å². The summed E-state index contributed by atoms with van der Waals surface area (Å²) >= 11 is 3.37. The van der Waals surface area contributed by atoms with Gasteiger partial charge in [0.15, 0.2) is 0 Å². The second-order valence-corrected chi connectivity index (χ2v) is 5.11. The normalized spacial score (nSPS) is 10.7. The van der Waals surface area contributed by atoms with Gasteiger partial charge in [0.1, 0.15) is 11.6 Å². The Bertz CT molecular complexity index is 538.